The van der Waals surface area contributed by atoms with E-state index in [1.807, 2.05) is 0 Å². The molecule has 0 aromatic heterocycles. The van der Waals surface area contributed by atoms with Crippen molar-refractivity contribution < 1.29 is 28.5 Å². The van der Waals surface area contributed by atoms with Crippen LogP contribution in [0.15, 0.2) is 42.0 Å². The lowest BCUT2D eigenvalue weighted by Gasteiger charge is -2.12. The smallest absolute Gasteiger partial charge is 0.349 e. The minimum atomic E-state index is -0.727. The second kappa shape index (κ2) is 11.8. The van der Waals surface area contributed by atoms with Crippen molar-refractivity contribution in [1.82, 2.24) is 0 Å². The lowest BCUT2D eigenvalue weighted by Crippen LogP contribution is -2.18. The Morgan fingerprint density at radius 1 is 1.00 bits per heavy atom. The Morgan fingerprint density at radius 2 is 1.77 bits per heavy atom. The number of esters is 2. The van der Waals surface area contributed by atoms with Gasteiger partial charge in [-0.2, -0.15) is 5.26 Å². The minimum Gasteiger partial charge on any atom is -0.490 e. The van der Waals surface area contributed by atoms with Gasteiger partial charge < -0.3 is 18.9 Å². The van der Waals surface area contributed by atoms with Crippen LogP contribution >= 0.6 is 23.2 Å². The van der Waals surface area contributed by atoms with Crippen molar-refractivity contribution in [3.8, 4) is 23.3 Å². The molecule has 0 aliphatic heterocycles. The summed E-state index contributed by atoms with van der Waals surface area (Å²) in [5.41, 5.74) is 0.329. The van der Waals surface area contributed by atoms with Crippen LogP contribution in [0.2, 0.25) is 10.0 Å². The number of nitriles is 1. The highest BCUT2D eigenvalue weighted by Crippen LogP contribution is 2.30. The predicted molar refractivity (Wildman–Crippen MR) is 115 cm³/mol. The molecule has 0 spiro atoms. The maximum absolute atomic E-state index is 12.2. The quantitative estimate of drug-likeness (QED) is 0.227. The first-order valence-corrected chi connectivity index (χ1v) is 9.97. The lowest BCUT2D eigenvalue weighted by molar-refractivity contribution is -0.138. The van der Waals surface area contributed by atoms with Gasteiger partial charge in [0.25, 0.3) is 0 Å². The molecular formula is C22H19Cl2NO6. The standard InChI is InChI=1S/C22H19Cl2NO6/c1-3-28-20-10-14(9-15(12-25)22(27)29-4-2)5-8-18(20)31-21(26)13-30-19-11-16(23)6-7-17(19)24/h5-11H,3-4,13H2,1-2H3/b15-9+. The first kappa shape index (κ1) is 24.1. The zero-order valence-electron chi connectivity index (χ0n) is 16.8. The highest BCUT2D eigenvalue weighted by atomic mass is 35.5. The zero-order chi connectivity index (χ0) is 22.8. The van der Waals surface area contributed by atoms with E-state index in [0.29, 0.717) is 22.2 Å². The van der Waals surface area contributed by atoms with Gasteiger partial charge in [-0.1, -0.05) is 29.3 Å². The number of benzene rings is 2. The Labute approximate surface area is 189 Å². The van der Waals surface area contributed by atoms with Crippen molar-refractivity contribution >= 4 is 41.2 Å². The third kappa shape index (κ3) is 7.21. The molecule has 0 saturated heterocycles. The van der Waals surface area contributed by atoms with Gasteiger partial charge in [-0.05, 0) is 49.8 Å². The molecule has 2 aromatic carbocycles. The Bertz CT molecular complexity index is 1030. The third-order valence-corrected chi connectivity index (χ3v) is 4.20. The molecule has 2 aromatic rings. The Morgan fingerprint density at radius 3 is 2.45 bits per heavy atom. The summed E-state index contributed by atoms with van der Waals surface area (Å²) in [6.45, 7) is 3.45. The Balaban J connectivity index is 2.15. The normalized spacial score (nSPS) is 10.7. The minimum absolute atomic E-state index is 0.152. The van der Waals surface area contributed by atoms with Crippen LogP contribution in [0.5, 0.6) is 17.2 Å². The number of hydrogen-bond acceptors (Lipinski definition) is 7. The average Bonchev–Trinajstić information content (AvgIpc) is 2.74. The topological polar surface area (TPSA) is 94.9 Å². The molecule has 0 saturated carbocycles. The number of ether oxygens (including phenoxy) is 4. The fraction of sp³-hybridized carbons (Fsp3) is 0.227. The molecule has 0 aliphatic carbocycles. The van der Waals surface area contributed by atoms with Crippen molar-refractivity contribution in [2.45, 2.75) is 13.8 Å². The van der Waals surface area contributed by atoms with E-state index in [-0.39, 0.29) is 29.4 Å². The van der Waals surface area contributed by atoms with E-state index in [2.05, 4.69) is 0 Å². The number of carbonyl (C=O) groups excluding carboxylic acids is 2. The van der Waals surface area contributed by atoms with Crippen LogP contribution in [0.1, 0.15) is 19.4 Å². The molecule has 0 unspecified atom stereocenters. The summed E-state index contributed by atoms with van der Waals surface area (Å²) in [5.74, 6) is -0.759. The van der Waals surface area contributed by atoms with Crippen LogP contribution in [-0.2, 0) is 14.3 Å². The molecule has 0 atom stereocenters. The summed E-state index contributed by atoms with van der Waals surface area (Å²) >= 11 is 11.9. The van der Waals surface area contributed by atoms with Crippen molar-refractivity contribution in [3.63, 3.8) is 0 Å². The molecule has 0 heterocycles. The van der Waals surface area contributed by atoms with E-state index in [9.17, 15) is 9.59 Å². The highest BCUT2D eigenvalue weighted by Gasteiger charge is 2.15. The van der Waals surface area contributed by atoms with Gasteiger partial charge in [-0.15, -0.1) is 0 Å². The van der Waals surface area contributed by atoms with Crippen molar-refractivity contribution in [3.05, 3.63) is 57.6 Å². The molecular weight excluding hydrogens is 445 g/mol. The van der Waals surface area contributed by atoms with Crippen LogP contribution in [0.25, 0.3) is 6.08 Å². The monoisotopic (exact) mass is 463 g/mol. The molecule has 0 bridgehead atoms. The summed E-state index contributed by atoms with van der Waals surface area (Å²) in [5, 5.41) is 9.88. The molecule has 9 heteroatoms. The number of hydrogen-bond donors (Lipinski definition) is 0. The molecule has 0 aliphatic rings. The first-order chi connectivity index (χ1) is 14.9. The number of carbonyl (C=O) groups is 2. The van der Waals surface area contributed by atoms with Gasteiger partial charge in [0.1, 0.15) is 17.4 Å². The summed E-state index contributed by atoms with van der Waals surface area (Å²) < 4.78 is 21.0. The number of nitrogens with zero attached hydrogens (tertiary/aromatic N) is 1. The summed E-state index contributed by atoms with van der Waals surface area (Å²) in [4.78, 5) is 24.0. The molecule has 0 amide bonds. The maximum atomic E-state index is 12.2. The molecule has 31 heavy (non-hydrogen) atoms. The van der Waals surface area contributed by atoms with Crippen molar-refractivity contribution in [1.29, 1.82) is 5.26 Å². The van der Waals surface area contributed by atoms with Gasteiger partial charge in [-0.25, -0.2) is 9.59 Å². The summed E-state index contributed by atoms with van der Waals surface area (Å²) in [7, 11) is 0. The lowest BCUT2D eigenvalue weighted by atomic mass is 10.1. The molecule has 0 fully saturated rings. The second-order valence-electron chi connectivity index (χ2n) is 5.87. The van der Waals surface area contributed by atoms with E-state index in [0.717, 1.165) is 0 Å². The van der Waals surface area contributed by atoms with Crippen LogP contribution < -0.4 is 14.2 Å². The number of halogens is 2. The van der Waals surface area contributed by atoms with Gasteiger partial charge in [0.05, 0.1) is 18.2 Å². The van der Waals surface area contributed by atoms with E-state index < -0.39 is 18.5 Å². The van der Waals surface area contributed by atoms with Crippen LogP contribution in [-0.4, -0.2) is 31.8 Å². The van der Waals surface area contributed by atoms with Crippen molar-refractivity contribution in [2.75, 3.05) is 19.8 Å². The highest BCUT2D eigenvalue weighted by molar-refractivity contribution is 6.34. The van der Waals surface area contributed by atoms with E-state index in [4.69, 9.17) is 47.4 Å². The summed E-state index contributed by atoms with van der Waals surface area (Å²) in [6, 6.07) is 11.0. The van der Waals surface area contributed by atoms with Crippen LogP contribution in [0.3, 0.4) is 0 Å². The SMILES string of the molecule is CCOC(=O)/C(C#N)=C/c1ccc(OC(=O)COc2cc(Cl)ccc2Cl)c(OCC)c1. The van der Waals surface area contributed by atoms with E-state index in [1.54, 1.807) is 38.1 Å². The fourth-order valence-corrected chi connectivity index (χ4v) is 2.69. The average molecular weight is 464 g/mol. The second-order valence-corrected chi connectivity index (χ2v) is 6.71. The van der Waals surface area contributed by atoms with Crippen LogP contribution in [0, 0.1) is 11.3 Å². The van der Waals surface area contributed by atoms with Crippen molar-refractivity contribution in [2.24, 2.45) is 0 Å². The summed E-state index contributed by atoms with van der Waals surface area (Å²) in [6.07, 6.45) is 1.36. The van der Waals surface area contributed by atoms with Gasteiger partial charge in [0.15, 0.2) is 18.1 Å². The molecule has 0 N–H and O–H groups in total. The van der Waals surface area contributed by atoms with Gasteiger partial charge >= 0.3 is 11.9 Å². The van der Waals surface area contributed by atoms with E-state index >= 15 is 0 Å². The zero-order valence-corrected chi connectivity index (χ0v) is 18.3. The fourth-order valence-electron chi connectivity index (χ4n) is 2.36. The molecule has 0 radical (unpaired) electrons. The predicted octanol–water partition coefficient (Wildman–Crippen LogP) is 4.85. The van der Waals surface area contributed by atoms with Crippen LogP contribution in [0.4, 0.5) is 0 Å². The third-order valence-electron chi connectivity index (χ3n) is 3.66. The van der Waals surface area contributed by atoms with E-state index in [1.165, 1.54) is 24.3 Å². The first-order valence-electron chi connectivity index (χ1n) is 9.22. The van der Waals surface area contributed by atoms with Gasteiger partial charge in [0, 0.05) is 11.1 Å². The Kier molecular flexibility index (Phi) is 9.19. The maximum Gasteiger partial charge on any atom is 0.349 e. The molecule has 2 rings (SSSR count). The molecule has 7 nitrogen and oxygen atoms in total. The van der Waals surface area contributed by atoms with Gasteiger partial charge in [0.2, 0.25) is 0 Å². The Hall–Kier alpha value is -3.21. The number of rotatable bonds is 9. The van der Waals surface area contributed by atoms with Gasteiger partial charge in [-0.3, -0.25) is 0 Å². The molecule has 162 valence electrons. The largest absolute Gasteiger partial charge is 0.490 e.